The zero-order valence-electron chi connectivity index (χ0n) is 17.5. The van der Waals surface area contributed by atoms with Gasteiger partial charge in [-0.05, 0) is 50.2 Å². The van der Waals surface area contributed by atoms with Crippen molar-refractivity contribution in [2.45, 2.75) is 56.5 Å². The highest BCUT2D eigenvalue weighted by molar-refractivity contribution is 14.0. The topological polar surface area (TPSA) is 73.8 Å². The first-order valence-corrected chi connectivity index (χ1v) is 11.9. The molecule has 176 valence electrons. The van der Waals surface area contributed by atoms with E-state index in [9.17, 15) is 21.6 Å². The minimum atomic E-state index is -5.26. The molecular formula is C20H30F3IN4O2S. The number of rotatable bonds is 5. The first-order chi connectivity index (χ1) is 14.2. The molecule has 0 aromatic heterocycles. The molecule has 11 heteroatoms. The fourth-order valence-corrected chi connectivity index (χ4v) is 5.13. The molecule has 1 aromatic rings. The van der Waals surface area contributed by atoms with Crippen molar-refractivity contribution in [2.75, 3.05) is 26.2 Å². The molecule has 1 atom stereocenters. The first-order valence-electron chi connectivity index (χ1n) is 10.4. The number of sulfonamides is 1. The molecule has 1 fully saturated rings. The van der Waals surface area contributed by atoms with Gasteiger partial charge in [0.1, 0.15) is 0 Å². The van der Waals surface area contributed by atoms with Crippen LogP contribution in [0.4, 0.5) is 13.2 Å². The van der Waals surface area contributed by atoms with Gasteiger partial charge in [-0.25, -0.2) is 8.42 Å². The predicted octanol–water partition coefficient (Wildman–Crippen LogP) is 3.59. The van der Waals surface area contributed by atoms with Crippen LogP contribution in [0.5, 0.6) is 0 Å². The molecule has 1 aliphatic carbocycles. The van der Waals surface area contributed by atoms with Crippen LogP contribution in [0.2, 0.25) is 0 Å². The smallest absolute Gasteiger partial charge is 0.357 e. The van der Waals surface area contributed by atoms with E-state index in [1.807, 2.05) is 13.0 Å². The van der Waals surface area contributed by atoms with Gasteiger partial charge in [-0.1, -0.05) is 24.3 Å². The first kappa shape index (κ1) is 26.2. The number of halogens is 4. The fourth-order valence-electron chi connectivity index (χ4n) is 4.15. The minimum Gasteiger partial charge on any atom is -0.357 e. The number of piperidine rings is 1. The maximum absolute atomic E-state index is 12.7. The van der Waals surface area contributed by atoms with Crippen LogP contribution in [0.1, 0.15) is 49.7 Å². The summed E-state index contributed by atoms with van der Waals surface area (Å²) in [5, 5.41) is 6.45. The van der Waals surface area contributed by atoms with Crippen LogP contribution in [0.25, 0.3) is 0 Å². The highest BCUT2D eigenvalue weighted by Gasteiger charge is 2.50. The molecule has 0 amide bonds. The number of aliphatic imine (C=N–C) groups is 1. The van der Waals surface area contributed by atoms with Crippen LogP contribution in [0, 0.1) is 0 Å². The van der Waals surface area contributed by atoms with Crippen LogP contribution in [0.3, 0.4) is 0 Å². The van der Waals surface area contributed by atoms with E-state index >= 15 is 0 Å². The van der Waals surface area contributed by atoms with E-state index in [1.165, 1.54) is 11.1 Å². The monoisotopic (exact) mass is 574 g/mol. The number of benzene rings is 1. The van der Waals surface area contributed by atoms with Gasteiger partial charge in [-0.2, -0.15) is 17.5 Å². The summed E-state index contributed by atoms with van der Waals surface area (Å²) in [7, 11) is -5.26. The lowest BCUT2D eigenvalue weighted by Crippen LogP contribution is -2.51. The van der Waals surface area contributed by atoms with E-state index in [-0.39, 0.29) is 43.1 Å². The SMILES string of the molecule is CCNC(=NCC1CCCc2ccccc21)NC1CCN(S(=O)(=O)C(F)(F)F)CC1.I. The maximum Gasteiger partial charge on any atom is 0.511 e. The van der Waals surface area contributed by atoms with Gasteiger partial charge < -0.3 is 10.6 Å². The molecular weight excluding hydrogens is 544 g/mol. The predicted molar refractivity (Wildman–Crippen MR) is 126 cm³/mol. The van der Waals surface area contributed by atoms with Crippen LogP contribution >= 0.6 is 24.0 Å². The Morgan fingerprint density at radius 2 is 1.87 bits per heavy atom. The van der Waals surface area contributed by atoms with Gasteiger partial charge in [0.15, 0.2) is 5.96 Å². The molecule has 0 radical (unpaired) electrons. The molecule has 1 unspecified atom stereocenters. The van der Waals surface area contributed by atoms with Crippen LogP contribution in [0.15, 0.2) is 29.3 Å². The second-order valence-electron chi connectivity index (χ2n) is 7.78. The zero-order valence-corrected chi connectivity index (χ0v) is 20.6. The average molecular weight is 574 g/mol. The van der Waals surface area contributed by atoms with Crippen molar-refractivity contribution in [3.8, 4) is 0 Å². The fraction of sp³-hybridized carbons (Fsp3) is 0.650. The second-order valence-corrected chi connectivity index (χ2v) is 9.71. The van der Waals surface area contributed by atoms with Gasteiger partial charge >= 0.3 is 15.5 Å². The van der Waals surface area contributed by atoms with Gasteiger partial charge in [-0.3, -0.25) is 4.99 Å². The van der Waals surface area contributed by atoms with Crippen molar-refractivity contribution in [3.63, 3.8) is 0 Å². The summed E-state index contributed by atoms with van der Waals surface area (Å²) in [5.41, 5.74) is -2.53. The van der Waals surface area contributed by atoms with E-state index in [4.69, 9.17) is 4.99 Å². The van der Waals surface area contributed by atoms with Gasteiger partial charge in [0.05, 0.1) is 0 Å². The normalized spacial score (nSPS) is 21.2. The molecule has 1 saturated heterocycles. The minimum absolute atomic E-state index is 0. The van der Waals surface area contributed by atoms with Gasteiger partial charge in [0.2, 0.25) is 0 Å². The summed E-state index contributed by atoms with van der Waals surface area (Å²) in [4.78, 5) is 4.72. The molecule has 0 saturated carbocycles. The van der Waals surface area contributed by atoms with E-state index in [1.54, 1.807) is 0 Å². The Morgan fingerprint density at radius 1 is 1.19 bits per heavy atom. The average Bonchev–Trinajstić information content (AvgIpc) is 2.72. The maximum atomic E-state index is 12.7. The number of hydrogen-bond acceptors (Lipinski definition) is 3. The van der Waals surface area contributed by atoms with Crippen LogP contribution in [-0.4, -0.2) is 56.4 Å². The van der Waals surface area contributed by atoms with Crippen molar-refractivity contribution >= 4 is 40.0 Å². The van der Waals surface area contributed by atoms with E-state index in [0.29, 0.717) is 42.1 Å². The third kappa shape index (κ3) is 6.47. The van der Waals surface area contributed by atoms with E-state index in [2.05, 4.69) is 28.8 Å². The second kappa shape index (κ2) is 11.2. The highest BCUT2D eigenvalue weighted by Crippen LogP contribution is 2.32. The number of aryl methyl sites for hydroxylation is 1. The molecule has 0 bridgehead atoms. The molecule has 1 aliphatic heterocycles. The Balaban J connectivity index is 0.00000341. The van der Waals surface area contributed by atoms with Crippen molar-refractivity contribution in [2.24, 2.45) is 4.99 Å². The van der Waals surface area contributed by atoms with Crippen molar-refractivity contribution < 1.29 is 21.6 Å². The standard InChI is InChI=1S/C20H29F3N4O2S.HI/c1-2-24-19(25-14-16-8-5-7-15-6-3-4-9-18(15)16)26-17-10-12-27(13-11-17)30(28,29)20(21,22)23;/h3-4,6,9,16-17H,2,5,7-8,10-14H2,1H3,(H2,24,25,26);1H. The number of nitrogens with one attached hydrogen (secondary N) is 2. The lowest BCUT2D eigenvalue weighted by Gasteiger charge is -2.32. The summed E-state index contributed by atoms with van der Waals surface area (Å²) >= 11 is 0. The Kier molecular flexibility index (Phi) is 9.43. The number of hydrogen-bond donors (Lipinski definition) is 2. The molecule has 2 N–H and O–H groups in total. The number of nitrogens with zero attached hydrogens (tertiary/aromatic N) is 2. The Hall–Kier alpha value is -1.08. The van der Waals surface area contributed by atoms with E-state index < -0.39 is 15.5 Å². The Morgan fingerprint density at radius 3 is 2.52 bits per heavy atom. The van der Waals surface area contributed by atoms with E-state index in [0.717, 1.165) is 19.3 Å². The summed E-state index contributed by atoms with van der Waals surface area (Å²) in [6.07, 6.45) is 3.90. The third-order valence-corrected chi connectivity index (χ3v) is 7.36. The van der Waals surface area contributed by atoms with Gasteiger partial charge in [-0.15, -0.1) is 24.0 Å². The summed E-state index contributed by atoms with van der Waals surface area (Å²) in [6.45, 7) is 2.93. The molecule has 1 heterocycles. The number of alkyl halides is 3. The molecule has 6 nitrogen and oxygen atoms in total. The van der Waals surface area contributed by atoms with Crippen molar-refractivity contribution in [3.05, 3.63) is 35.4 Å². The van der Waals surface area contributed by atoms with Gasteiger partial charge in [0, 0.05) is 38.1 Å². The summed E-state index contributed by atoms with van der Waals surface area (Å²) in [6, 6.07) is 8.30. The van der Waals surface area contributed by atoms with Crippen LogP contribution < -0.4 is 10.6 Å². The largest absolute Gasteiger partial charge is 0.511 e. The lowest BCUT2D eigenvalue weighted by atomic mass is 9.83. The highest BCUT2D eigenvalue weighted by atomic mass is 127. The molecule has 3 rings (SSSR count). The van der Waals surface area contributed by atoms with Crippen molar-refractivity contribution in [1.82, 2.24) is 14.9 Å². The van der Waals surface area contributed by atoms with Crippen molar-refractivity contribution in [1.29, 1.82) is 0 Å². The molecule has 2 aliphatic rings. The molecule has 1 aromatic carbocycles. The van der Waals surface area contributed by atoms with Crippen LogP contribution in [-0.2, 0) is 16.4 Å². The zero-order chi connectivity index (χ0) is 21.8. The molecule has 31 heavy (non-hydrogen) atoms. The third-order valence-electron chi connectivity index (χ3n) is 5.73. The summed E-state index contributed by atoms with van der Waals surface area (Å²) < 4.78 is 61.8. The number of fused-ring (bicyclic) bond motifs is 1. The Labute approximate surface area is 199 Å². The lowest BCUT2D eigenvalue weighted by molar-refractivity contribution is -0.0494. The number of guanidine groups is 1. The summed E-state index contributed by atoms with van der Waals surface area (Å²) in [5.74, 6) is 0.974. The quantitative estimate of drug-likeness (QED) is 0.321. The van der Waals surface area contributed by atoms with Gasteiger partial charge in [0.25, 0.3) is 0 Å². The Bertz CT molecular complexity index is 856. The molecule has 0 spiro atoms.